The average molecular weight is 282 g/mol. The molecule has 0 amide bonds. The third-order valence-electron chi connectivity index (χ3n) is 1.88. The molecule has 0 spiro atoms. The SMILES string of the molecule is CCC(Br)Cc1ccc(Cl)c(Cl)c1. The molecular weight excluding hydrogens is 271 g/mol. The largest absolute Gasteiger partial charge is 0.0887 e. The van der Waals surface area contributed by atoms with Gasteiger partial charge in [0.15, 0.2) is 0 Å². The second kappa shape index (κ2) is 5.23. The van der Waals surface area contributed by atoms with Gasteiger partial charge in [-0.25, -0.2) is 0 Å². The Labute approximate surface area is 97.4 Å². The standard InChI is InChI=1S/C10H11BrCl2/c1-2-8(11)5-7-3-4-9(12)10(13)6-7/h3-4,6,8H,2,5H2,1H3. The highest BCUT2D eigenvalue weighted by atomic mass is 79.9. The molecule has 0 aromatic heterocycles. The number of alkyl halides is 1. The Morgan fingerprint density at radius 3 is 2.54 bits per heavy atom. The predicted molar refractivity (Wildman–Crippen MR) is 63.2 cm³/mol. The van der Waals surface area contributed by atoms with Crippen LogP contribution in [0.1, 0.15) is 18.9 Å². The zero-order valence-electron chi connectivity index (χ0n) is 7.36. The summed E-state index contributed by atoms with van der Waals surface area (Å²) in [6.45, 7) is 2.15. The van der Waals surface area contributed by atoms with Crippen LogP contribution in [0.15, 0.2) is 18.2 Å². The van der Waals surface area contributed by atoms with Crippen LogP contribution < -0.4 is 0 Å². The van der Waals surface area contributed by atoms with Gasteiger partial charge in [-0.15, -0.1) is 0 Å². The fourth-order valence-electron chi connectivity index (χ4n) is 1.07. The van der Waals surface area contributed by atoms with E-state index in [9.17, 15) is 0 Å². The van der Waals surface area contributed by atoms with Gasteiger partial charge < -0.3 is 0 Å². The minimum Gasteiger partial charge on any atom is -0.0887 e. The molecule has 1 aromatic carbocycles. The highest BCUT2D eigenvalue weighted by Gasteiger charge is 2.04. The maximum Gasteiger partial charge on any atom is 0.0595 e. The van der Waals surface area contributed by atoms with E-state index in [1.165, 1.54) is 5.56 Å². The van der Waals surface area contributed by atoms with Crippen LogP contribution in [-0.2, 0) is 6.42 Å². The fraction of sp³-hybridized carbons (Fsp3) is 0.400. The predicted octanol–water partition coefficient (Wildman–Crippen LogP) is 4.71. The molecule has 1 unspecified atom stereocenters. The summed E-state index contributed by atoms with van der Waals surface area (Å²) in [6, 6.07) is 5.78. The van der Waals surface area contributed by atoms with E-state index in [0.29, 0.717) is 14.9 Å². The Morgan fingerprint density at radius 1 is 1.31 bits per heavy atom. The molecule has 0 nitrogen and oxygen atoms in total. The van der Waals surface area contributed by atoms with Crippen molar-refractivity contribution >= 4 is 39.1 Å². The van der Waals surface area contributed by atoms with Crippen molar-refractivity contribution in [2.75, 3.05) is 0 Å². The van der Waals surface area contributed by atoms with E-state index < -0.39 is 0 Å². The molecule has 72 valence electrons. The first-order valence-electron chi connectivity index (χ1n) is 4.21. The first kappa shape index (κ1) is 11.4. The molecule has 1 aromatic rings. The highest BCUT2D eigenvalue weighted by Crippen LogP contribution is 2.24. The van der Waals surface area contributed by atoms with E-state index in [1.54, 1.807) is 0 Å². The monoisotopic (exact) mass is 280 g/mol. The van der Waals surface area contributed by atoms with Crippen molar-refractivity contribution in [3.63, 3.8) is 0 Å². The average Bonchev–Trinajstić information content (AvgIpc) is 2.11. The lowest BCUT2D eigenvalue weighted by Gasteiger charge is -2.07. The van der Waals surface area contributed by atoms with Gasteiger partial charge in [0.05, 0.1) is 10.0 Å². The van der Waals surface area contributed by atoms with Gasteiger partial charge in [-0.05, 0) is 30.5 Å². The topological polar surface area (TPSA) is 0 Å². The highest BCUT2D eigenvalue weighted by molar-refractivity contribution is 9.09. The maximum absolute atomic E-state index is 5.89. The Hall–Kier alpha value is 0.280. The molecule has 0 saturated heterocycles. The lowest BCUT2D eigenvalue weighted by Crippen LogP contribution is -2.00. The molecule has 0 saturated carbocycles. The summed E-state index contributed by atoms with van der Waals surface area (Å²) in [7, 11) is 0. The van der Waals surface area contributed by atoms with Crippen molar-refractivity contribution < 1.29 is 0 Å². The van der Waals surface area contributed by atoms with Crippen LogP contribution in [0.25, 0.3) is 0 Å². The molecule has 0 heterocycles. The zero-order chi connectivity index (χ0) is 9.84. The van der Waals surface area contributed by atoms with E-state index >= 15 is 0 Å². The summed E-state index contributed by atoms with van der Waals surface area (Å²) in [5.74, 6) is 0. The summed E-state index contributed by atoms with van der Waals surface area (Å²) < 4.78 is 0. The summed E-state index contributed by atoms with van der Waals surface area (Å²) in [6.07, 6.45) is 2.10. The second-order valence-corrected chi connectivity index (χ2v) is 5.07. The van der Waals surface area contributed by atoms with Crippen molar-refractivity contribution in [3.05, 3.63) is 33.8 Å². The third-order valence-corrected chi connectivity index (χ3v) is 3.59. The van der Waals surface area contributed by atoms with Gasteiger partial charge in [-0.3, -0.25) is 0 Å². The summed E-state index contributed by atoms with van der Waals surface area (Å²) in [5.41, 5.74) is 1.22. The Balaban J connectivity index is 2.73. The van der Waals surface area contributed by atoms with Crippen LogP contribution >= 0.6 is 39.1 Å². The van der Waals surface area contributed by atoms with Crippen molar-refractivity contribution in [2.45, 2.75) is 24.6 Å². The smallest absolute Gasteiger partial charge is 0.0595 e. The minimum absolute atomic E-state index is 0.518. The van der Waals surface area contributed by atoms with Gasteiger partial charge >= 0.3 is 0 Å². The summed E-state index contributed by atoms with van der Waals surface area (Å²) >= 11 is 15.3. The van der Waals surface area contributed by atoms with E-state index in [-0.39, 0.29) is 0 Å². The third kappa shape index (κ3) is 3.49. The molecule has 0 N–H and O–H groups in total. The van der Waals surface area contributed by atoms with E-state index in [0.717, 1.165) is 12.8 Å². The number of benzene rings is 1. The van der Waals surface area contributed by atoms with Gasteiger partial charge in [-0.2, -0.15) is 0 Å². The molecule has 0 bridgehead atoms. The van der Waals surface area contributed by atoms with E-state index in [4.69, 9.17) is 23.2 Å². The molecule has 0 fully saturated rings. The Kier molecular flexibility index (Phi) is 4.57. The van der Waals surface area contributed by atoms with Crippen LogP contribution in [0.4, 0.5) is 0 Å². The molecule has 0 aliphatic rings. The van der Waals surface area contributed by atoms with Crippen LogP contribution in [-0.4, -0.2) is 4.83 Å². The number of hydrogen-bond donors (Lipinski definition) is 0. The molecule has 0 aliphatic carbocycles. The van der Waals surface area contributed by atoms with Crippen LogP contribution in [0.3, 0.4) is 0 Å². The van der Waals surface area contributed by atoms with Gasteiger partial charge in [0.1, 0.15) is 0 Å². The van der Waals surface area contributed by atoms with Crippen LogP contribution in [0.5, 0.6) is 0 Å². The van der Waals surface area contributed by atoms with Crippen molar-refractivity contribution in [1.29, 1.82) is 0 Å². The summed E-state index contributed by atoms with van der Waals surface area (Å²) in [4.78, 5) is 0.518. The number of halogens is 3. The quantitative estimate of drug-likeness (QED) is 0.704. The maximum atomic E-state index is 5.89. The molecule has 0 aliphatic heterocycles. The van der Waals surface area contributed by atoms with Crippen molar-refractivity contribution in [3.8, 4) is 0 Å². The molecule has 1 atom stereocenters. The number of rotatable bonds is 3. The number of hydrogen-bond acceptors (Lipinski definition) is 0. The first-order valence-corrected chi connectivity index (χ1v) is 5.88. The van der Waals surface area contributed by atoms with Gasteiger partial charge in [0, 0.05) is 4.83 Å². The Morgan fingerprint density at radius 2 is 2.00 bits per heavy atom. The van der Waals surface area contributed by atoms with Crippen molar-refractivity contribution in [1.82, 2.24) is 0 Å². The molecule has 0 radical (unpaired) electrons. The lowest BCUT2D eigenvalue weighted by molar-refractivity contribution is 0.830. The second-order valence-electron chi connectivity index (χ2n) is 2.96. The lowest BCUT2D eigenvalue weighted by atomic mass is 10.1. The van der Waals surface area contributed by atoms with Crippen molar-refractivity contribution in [2.24, 2.45) is 0 Å². The van der Waals surface area contributed by atoms with Gasteiger partial charge in [0.2, 0.25) is 0 Å². The minimum atomic E-state index is 0.518. The zero-order valence-corrected chi connectivity index (χ0v) is 10.5. The van der Waals surface area contributed by atoms with Crippen LogP contribution in [0, 0.1) is 0 Å². The molecule has 13 heavy (non-hydrogen) atoms. The fourth-order valence-corrected chi connectivity index (χ4v) is 1.76. The van der Waals surface area contributed by atoms with E-state index in [2.05, 4.69) is 22.9 Å². The first-order chi connectivity index (χ1) is 6.13. The molecular formula is C10H11BrCl2. The van der Waals surface area contributed by atoms with E-state index in [1.807, 2.05) is 18.2 Å². The van der Waals surface area contributed by atoms with Gasteiger partial charge in [-0.1, -0.05) is 52.1 Å². The normalized spacial score (nSPS) is 12.9. The molecule has 1 rings (SSSR count). The molecule has 3 heteroatoms. The van der Waals surface area contributed by atoms with Gasteiger partial charge in [0.25, 0.3) is 0 Å². The summed E-state index contributed by atoms with van der Waals surface area (Å²) in [5, 5.41) is 1.25. The van der Waals surface area contributed by atoms with Crippen LogP contribution in [0.2, 0.25) is 10.0 Å². The Bertz CT molecular complexity index is 286.